The number of carbonyl (C=O) groups is 1. The van der Waals surface area contributed by atoms with Crippen molar-refractivity contribution < 1.29 is 4.79 Å². The van der Waals surface area contributed by atoms with Gasteiger partial charge in [-0.2, -0.15) is 0 Å². The summed E-state index contributed by atoms with van der Waals surface area (Å²) in [6.45, 7) is 1.95. The molecule has 2 N–H and O–H groups in total. The second kappa shape index (κ2) is 5.28. The van der Waals surface area contributed by atoms with E-state index in [-0.39, 0.29) is 5.91 Å². The molecule has 4 aromatic rings. The summed E-state index contributed by atoms with van der Waals surface area (Å²) in [4.78, 5) is 19.9. The largest absolute Gasteiger partial charge is 0.361 e. The van der Waals surface area contributed by atoms with Gasteiger partial charge in [-0.3, -0.25) is 4.79 Å². The summed E-state index contributed by atoms with van der Waals surface area (Å²) in [5, 5.41) is 4.03. The first-order valence-electron chi connectivity index (χ1n) is 7.49. The van der Waals surface area contributed by atoms with Crippen molar-refractivity contribution in [3.05, 3.63) is 66.2 Å². The summed E-state index contributed by atoms with van der Waals surface area (Å²) in [5.41, 5.74) is 4.63. The highest BCUT2D eigenvalue weighted by Crippen LogP contribution is 2.19. The summed E-state index contributed by atoms with van der Waals surface area (Å²) in [5.74, 6) is -0.0362. The third-order valence-electron chi connectivity index (χ3n) is 3.88. The molecule has 1 amide bonds. The second-order valence-corrected chi connectivity index (χ2v) is 5.65. The maximum absolute atomic E-state index is 12.3. The molecule has 0 atom stereocenters. The number of aromatic amines is 1. The number of aryl methyl sites for hydroxylation is 1. The predicted octanol–water partition coefficient (Wildman–Crippen LogP) is 3.31. The van der Waals surface area contributed by atoms with Gasteiger partial charge in [0.05, 0.1) is 17.8 Å². The molecule has 23 heavy (non-hydrogen) atoms. The third kappa shape index (κ3) is 2.57. The van der Waals surface area contributed by atoms with Crippen LogP contribution in [0.5, 0.6) is 0 Å². The molecule has 5 nitrogen and oxygen atoms in total. The number of pyridine rings is 1. The molecule has 0 fully saturated rings. The van der Waals surface area contributed by atoms with E-state index in [1.165, 1.54) is 0 Å². The lowest BCUT2D eigenvalue weighted by Crippen LogP contribution is -2.14. The molecule has 0 saturated carbocycles. The molecule has 0 aliphatic carbocycles. The molecular weight excluding hydrogens is 288 g/mol. The fourth-order valence-corrected chi connectivity index (χ4v) is 2.85. The Morgan fingerprint density at radius 2 is 2.09 bits per heavy atom. The number of para-hydroxylation sites is 1. The van der Waals surface area contributed by atoms with Gasteiger partial charge in [-0.15, -0.1) is 0 Å². The Morgan fingerprint density at radius 1 is 1.22 bits per heavy atom. The number of hydrogen-bond donors (Lipinski definition) is 2. The first kappa shape index (κ1) is 13.6. The maximum Gasteiger partial charge on any atom is 0.228 e. The fraction of sp³-hybridized carbons (Fsp3) is 0.111. The summed E-state index contributed by atoms with van der Waals surface area (Å²) in [6.07, 6.45) is 6.05. The monoisotopic (exact) mass is 304 g/mol. The Bertz CT molecular complexity index is 1010. The van der Waals surface area contributed by atoms with E-state index in [2.05, 4.69) is 15.3 Å². The van der Waals surface area contributed by atoms with Gasteiger partial charge >= 0.3 is 0 Å². The zero-order valence-corrected chi connectivity index (χ0v) is 12.7. The van der Waals surface area contributed by atoms with E-state index in [1.807, 2.05) is 66.3 Å². The Kier molecular flexibility index (Phi) is 3.12. The normalized spacial score (nSPS) is 11.2. The Hall–Kier alpha value is -3.08. The van der Waals surface area contributed by atoms with Crippen molar-refractivity contribution in [1.82, 2.24) is 14.4 Å². The Morgan fingerprint density at radius 3 is 3.00 bits per heavy atom. The average Bonchev–Trinajstić information content (AvgIpc) is 3.10. The van der Waals surface area contributed by atoms with Crippen molar-refractivity contribution >= 4 is 28.1 Å². The number of H-pyrrole nitrogens is 1. The molecular formula is C18H16N4O. The second-order valence-electron chi connectivity index (χ2n) is 5.65. The number of benzene rings is 1. The number of nitrogens with one attached hydrogen (secondary N) is 2. The van der Waals surface area contributed by atoms with Crippen LogP contribution in [0.25, 0.3) is 16.6 Å². The molecule has 0 saturated heterocycles. The van der Waals surface area contributed by atoms with Crippen molar-refractivity contribution in [2.75, 3.05) is 5.32 Å². The van der Waals surface area contributed by atoms with Gasteiger partial charge in [-0.05, 0) is 30.7 Å². The van der Waals surface area contributed by atoms with Crippen LogP contribution in [0.3, 0.4) is 0 Å². The van der Waals surface area contributed by atoms with Crippen molar-refractivity contribution in [3.63, 3.8) is 0 Å². The van der Waals surface area contributed by atoms with Gasteiger partial charge in [0, 0.05) is 29.5 Å². The molecule has 0 radical (unpaired) electrons. The average molecular weight is 304 g/mol. The quantitative estimate of drug-likeness (QED) is 0.610. The summed E-state index contributed by atoms with van der Waals surface area (Å²) < 4.78 is 1.91. The minimum atomic E-state index is -0.0362. The van der Waals surface area contributed by atoms with Crippen LogP contribution in [0.4, 0.5) is 5.69 Å². The zero-order chi connectivity index (χ0) is 15.8. The van der Waals surface area contributed by atoms with Crippen LogP contribution in [0.15, 0.2) is 55.0 Å². The molecule has 3 aromatic heterocycles. The number of nitrogens with zero attached hydrogens (tertiary/aromatic N) is 2. The lowest BCUT2D eigenvalue weighted by Gasteiger charge is -2.05. The summed E-state index contributed by atoms with van der Waals surface area (Å²) in [6, 6.07) is 11.8. The number of aromatic nitrogens is 3. The summed E-state index contributed by atoms with van der Waals surface area (Å²) >= 11 is 0. The molecule has 0 spiro atoms. The number of anilines is 1. The van der Waals surface area contributed by atoms with Gasteiger partial charge in [0.15, 0.2) is 0 Å². The molecule has 114 valence electrons. The van der Waals surface area contributed by atoms with E-state index >= 15 is 0 Å². The van der Waals surface area contributed by atoms with Crippen molar-refractivity contribution in [1.29, 1.82) is 0 Å². The van der Waals surface area contributed by atoms with E-state index in [0.717, 1.165) is 33.5 Å². The maximum atomic E-state index is 12.3. The predicted molar refractivity (Wildman–Crippen MR) is 90.6 cm³/mol. The van der Waals surface area contributed by atoms with E-state index in [1.54, 1.807) is 0 Å². The number of hydrogen-bond acceptors (Lipinski definition) is 2. The van der Waals surface area contributed by atoms with Crippen LogP contribution in [0.2, 0.25) is 0 Å². The zero-order valence-electron chi connectivity index (χ0n) is 12.7. The van der Waals surface area contributed by atoms with Crippen LogP contribution in [0.1, 0.15) is 11.3 Å². The molecule has 0 aliphatic rings. The van der Waals surface area contributed by atoms with Gasteiger partial charge in [0.2, 0.25) is 5.91 Å². The highest BCUT2D eigenvalue weighted by Gasteiger charge is 2.09. The van der Waals surface area contributed by atoms with Crippen molar-refractivity contribution in [3.8, 4) is 0 Å². The van der Waals surface area contributed by atoms with Gasteiger partial charge < -0.3 is 14.7 Å². The first-order chi connectivity index (χ1) is 11.2. The van der Waals surface area contributed by atoms with Gasteiger partial charge in [0.1, 0.15) is 5.65 Å². The van der Waals surface area contributed by atoms with E-state index in [4.69, 9.17) is 0 Å². The van der Waals surface area contributed by atoms with Crippen LogP contribution >= 0.6 is 0 Å². The minimum absolute atomic E-state index is 0.0362. The van der Waals surface area contributed by atoms with Gasteiger partial charge in [0.25, 0.3) is 0 Å². The Balaban J connectivity index is 1.54. The SMILES string of the molecule is Cc1cn2cc(NC(=O)Cc3c[nH]c4ccccc34)ccc2n1. The topological polar surface area (TPSA) is 62.2 Å². The minimum Gasteiger partial charge on any atom is -0.361 e. The number of rotatable bonds is 3. The molecule has 0 unspecified atom stereocenters. The molecule has 4 rings (SSSR count). The van der Waals surface area contributed by atoms with E-state index in [9.17, 15) is 4.79 Å². The fourth-order valence-electron chi connectivity index (χ4n) is 2.85. The van der Waals surface area contributed by atoms with Crippen molar-refractivity contribution in [2.24, 2.45) is 0 Å². The first-order valence-corrected chi connectivity index (χ1v) is 7.49. The highest BCUT2D eigenvalue weighted by atomic mass is 16.1. The molecule has 0 bridgehead atoms. The van der Waals surface area contributed by atoms with Crippen LogP contribution in [-0.4, -0.2) is 20.3 Å². The number of imidazole rings is 1. The number of amides is 1. The molecule has 0 aliphatic heterocycles. The van der Waals surface area contributed by atoms with Crippen LogP contribution in [0, 0.1) is 6.92 Å². The Labute approximate surface area is 133 Å². The highest BCUT2D eigenvalue weighted by molar-refractivity contribution is 5.95. The molecule has 1 aromatic carbocycles. The molecule has 3 heterocycles. The van der Waals surface area contributed by atoms with Gasteiger partial charge in [-0.25, -0.2) is 4.98 Å². The van der Waals surface area contributed by atoms with E-state index < -0.39 is 0 Å². The lowest BCUT2D eigenvalue weighted by atomic mass is 10.1. The van der Waals surface area contributed by atoms with Crippen molar-refractivity contribution in [2.45, 2.75) is 13.3 Å². The summed E-state index contributed by atoms with van der Waals surface area (Å²) in [7, 11) is 0. The van der Waals surface area contributed by atoms with E-state index in [0.29, 0.717) is 6.42 Å². The van der Waals surface area contributed by atoms with Crippen LogP contribution < -0.4 is 5.32 Å². The third-order valence-corrected chi connectivity index (χ3v) is 3.88. The van der Waals surface area contributed by atoms with Crippen LogP contribution in [-0.2, 0) is 11.2 Å². The molecule has 5 heteroatoms. The smallest absolute Gasteiger partial charge is 0.228 e. The lowest BCUT2D eigenvalue weighted by molar-refractivity contribution is -0.115. The van der Waals surface area contributed by atoms with Gasteiger partial charge in [-0.1, -0.05) is 18.2 Å². The standard InChI is InChI=1S/C18H16N4O/c1-12-10-22-11-14(6-7-17(22)20-12)21-18(23)8-13-9-19-16-5-3-2-4-15(13)16/h2-7,9-11,19H,8H2,1H3,(H,21,23). The number of fused-ring (bicyclic) bond motifs is 2. The number of carbonyl (C=O) groups excluding carboxylic acids is 1.